The molecule has 0 aliphatic rings. The van der Waals surface area contributed by atoms with Crippen LogP contribution in [0.5, 0.6) is 17.2 Å². The second kappa shape index (κ2) is 14.0. The van der Waals surface area contributed by atoms with Crippen molar-refractivity contribution in [2.75, 3.05) is 42.0 Å². The third-order valence-electron chi connectivity index (χ3n) is 5.00. The first kappa shape index (κ1) is 26.8. The van der Waals surface area contributed by atoms with E-state index in [1.807, 2.05) is 18.2 Å². The van der Waals surface area contributed by atoms with E-state index in [2.05, 4.69) is 58.8 Å². The summed E-state index contributed by atoms with van der Waals surface area (Å²) < 4.78 is 16.2. The topological polar surface area (TPSA) is 67.4 Å². The highest BCUT2D eigenvalue weighted by Crippen LogP contribution is 2.38. The first-order chi connectivity index (χ1) is 14.5. The minimum atomic E-state index is 0. The van der Waals surface area contributed by atoms with E-state index in [0.717, 1.165) is 24.6 Å². The van der Waals surface area contributed by atoms with Gasteiger partial charge in [-0.15, -0.1) is 24.0 Å². The van der Waals surface area contributed by atoms with Crippen LogP contribution in [0, 0.1) is 0 Å². The van der Waals surface area contributed by atoms with E-state index in [-0.39, 0.29) is 24.0 Å². The van der Waals surface area contributed by atoms with E-state index in [9.17, 15) is 0 Å². The van der Waals surface area contributed by atoms with Gasteiger partial charge in [0.2, 0.25) is 5.75 Å². The van der Waals surface area contributed by atoms with E-state index >= 15 is 0 Å². The number of likely N-dealkylation sites (N-methyl/N-ethyl adjacent to an activating group) is 1. The zero-order valence-electron chi connectivity index (χ0n) is 19.3. The van der Waals surface area contributed by atoms with Crippen LogP contribution >= 0.6 is 24.0 Å². The number of methoxy groups -OCH3 is 3. The Morgan fingerprint density at radius 2 is 1.58 bits per heavy atom. The highest BCUT2D eigenvalue weighted by atomic mass is 127. The van der Waals surface area contributed by atoms with Crippen LogP contribution in [0.4, 0.5) is 0 Å². The third kappa shape index (κ3) is 8.10. The van der Waals surface area contributed by atoms with Gasteiger partial charge in [0.1, 0.15) is 0 Å². The molecular weight excluding hydrogens is 507 g/mol. The maximum absolute atomic E-state index is 5.42. The minimum Gasteiger partial charge on any atom is -0.493 e. The molecule has 2 rings (SSSR count). The second-order valence-corrected chi connectivity index (χ2v) is 7.09. The SMILES string of the molecule is CN=C(NCc1cc(OC)c(OC)c(OC)c1)NCC(C)N(C)Cc1ccccc1.I. The van der Waals surface area contributed by atoms with Crippen molar-refractivity contribution >= 4 is 29.9 Å². The fourth-order valence-corrected chi connectivity index (χ4v) is 3.07. The van der Waals surface area contributed by atoms with E-state index < -0.39 is 0 Å². The van der Waals surface area contributed by atoms with Crippen LogP contribution in [0.25, 0.3) is 0 Å². The molecular formula is C23H35IN4O3. The van der Waals surface area contributed by atoms with Crippen molar-refractivity contribution in [3.8, 4) is 17.2 Å². The average molecular weight is 542 g/mol. The summed E-state index contributed by atoms with van der Waals surface area (Å²) in [5.74, 6) is 2.59. The van der Waals surface area contributed by atoms with Crippen LogP contribution in [-0.4, -0.2) is 58.9 Å². The summed E-state index contributed by atoms with van der Waals surface area (Å²) in [7, 11) is 8.72. The molecule has 0 aromatic heterocycles. The summed E-state index contributed by atoms with van der Waals surface area (Å²) in [5.41, 5.74) is 2.30. The number of aliphatic imine (C=N–C) groups is 1. The number of halogens is 1. The monoisotopic (exact) mass is 542 g/mol. The highest BCUT2D eigenvalue weighted by Gasteiger charge is 2.14. The molecule has 8 heteroatoms. The van der Waals surface area contributed by atoms with Gasteiger partial charge >= 0.3 is 0 Å². The molecule has 0 spiro atoms. The van der Waals surface area contributed by atoms with Gasteiger partial charge in [0.15, 0.2) is 17.5 Å². The van der Waals surface area contributed by atoms with Gasteiger partial charge in [0.25, 0.3) is 0 Å². The van der Waals surface area contributed by atoms with Crippen molar-refractivity contribution in [3.05, 3.63) is 53.6 Å². The quantitative estimate of drug-likeness (QED) is 0.272. The molecule has 2 aromatic carbocycles. The number of hydrogen-bond donors (Lipinski definition) is 2. The Kier molecular flexibility index (Phi) is 12.1. The molecule has 2 N–H and O–H groups in total. The van der Waals surface area contributed by atoms with Crippen molar-refractivity contribution in [2.45, 2.75) is 26.1 Å². The highest BCUT2D eigenvalue weighted by molar-refractivity contribution is 14.0. The Bertz CT molecular complexity index is 793. The molecule has 0 amide bonds. The van der Waals surface area contributed by atoms with Crippen LogP contribution in [0.3, 0.4) is 0 Å². The molecule has 0 radical (unpaired) electrons. The summed E-state index contributed by atoms with van der Waals surface area (Å²) in [6.07, 6.45) is 0. The minimum absolute atomic E-state index is 0. The lowest BCUT2D eigenvalue weighted by molar-refractivity contribution is 0.249. The maximum atomic E-state index is 5.42. The molecule has 172 valence electrons. The largest absolute Gasteiger partial charge is 0.493 e. The fraction of sp³-hybridized carbons (Fsp3) is 0.435. The standard InChI is InChI=1S/C23H34N4O3.HI/c1-17(27(3)16-18-10-8-7-9-11-18)14-25-23(24-2)26-15-19-12-20(28-4)22(30-6)21(13-19)29-5;/h7-13,17H,14-16H2,1-6H3,(H2,24,25,26);1H. The first-order valence-corrected chi connectivity index (χ1v) is 9.99. The van der Waals surface area contributed by atoms with Gasteiger partial charge in [0, 0.05) is 32.7 Å². The van der Waals surface area contributed by atoms with Crippen molar-refractivity contribution in [1.82, 2.24) is 15.5 Å². The number of hydrogen-bond acceptors (Lipinski definition) is 5. The van der Waals surface area contributed by atoms with Gasteiger partial charge in [-0.05, 0) is 37.2 Å². The Morgan fingerprint density at radius 1 is 0.968 bits per heavy atom. The number of guanidine groups is 1. The predicted octanol–water partition coefficient (Wildman–Crippen LogP) is 3.52. The van der Waals surface area contributed by atoms with Crippen molar-refractivity contribution in [2.24, 2.45) is 4.99 Å². The fourth-order valence-electron chi connectivity index (χ4n) is 3.07. The molecule has 2 aromatic rings. The van der Waals surface area contributed by atoms with Crippen molar-refractivity contribution < 1.29 is 14.2 Å². The molecule has 1 unspecified atom stereocenters. The van der Waals surface area contributed by atoms with Gasteiger partial charge in [-0.25, -0.2) is 0 Å². The van der Waals surface area contributed by atoms with Crippen LogP contribution in [0.2, 0.25) is 0 Å². The molecule has 1 atom stereocenters. The molecule has 0 saturated carbocycles. The zero-order chi connectivity index (χ0) is 21.9. The number of ether oxygens (including phenoxy) is 3. The lowest BCUT2D eigenvalue weighted by atomic mass is 10.2. The molecule has 0 saturated heterocycles. The van der Waals surface area contributed by atoms with Crippen LogP contribution in [0.15, 0.2) is 47.5 Å². The van der Waals surface area contributed by atoms with Crippen molar-refractivity contribution in [3.63, 3.8) is 0 Å². The average Bonchev–Trinajstić information content (AvgIpc) is 2.78. The Labute approximate surface area is 203 Å². The van der Waals surface area contributed by atoms with E-state index in [4.69, 9.17) is 14.2 Å². The summed E-state index contributed by atoms with van der Waals surface area (Å²) in [5, 5.41) is 6.73. The second-order valence-electron chi connectivity index (χ2n) is 7.09. The first-order valence-electron chi connectivity index (χ1n) is 9.99. The summed E-state index contributed by atoms with van der Waals surface area (Å²) in [6.45, 7) is 4.45. The van der Waals surface area contributed by atoms with Gasteiger partial charge < -0.3 is 24.8 Å². The predicted molar refractivity (Wildman–Crippen MR) is 137 cm³/mol. The molecule has 0 heterocycles. The lowest BCUT2D eigenvalue weighted by Crippen LogP contribution is -2.44. The summed E-state index contributed by atoms with van der Waals surface area (Å²) in [6, 6.07) is 14.7. The van der Waals surface area contributed by atoms with Crippen LogP contribution < -0.4 is 24.8 Å². The molecule has 31 heavy (non-hydrogen) atoms. The van der Waals surface area contributed by atoms with Gasteiger partial charge in [0.05, 0.1) is 21.3 Å². The molecule has 0 bridgehead atoms. The number of benzene rings is 2. The van der Waals surface area contributed by atoms with Gasteiger partial charge in [-0.3, -0.25) is 9.89 Å². The Balaban J connectivity index is 0.00000480. The Morgan fingerprint density at radius 3 is 2.10 bits per heavy atom. The smallest absolute Gasteiger partial charge is 0.203 e. The van der Waals surface area contributed by atoms with Gasteiger partial charge in [-0.1, -0.05) is 30.3 Å². The number of nitrogens with zero attached hydrogens (tertiary/aromatic N) is 2. The zero-order valence-corrected chi connectivity index (χ0v) is 21.6. The summed E-state index contributed by atoms with van der Waals surface area (Å²) >= 11 is 0. The van der Waals surface area contributed by atoms with E-state index in [1.165, 1.54) is 5.56 Å². The van der Waals surface area contributed by atoms with E-state index in [0.29, 0.717) is 29.8 Å². The van der Waals surface area contributed by atoms with Crippen LogP contribution in [0.1, 0.15) is 18.1 Å². The molecule has 7 nitrogen and oxygen atoms in total. The normalized spacial score (nSPS) is 12.0. The Hall–Kier alpha value is -2.20. The lowest BCUT2D eigenvalue weighted by Gasteiger charge is -2.26. The molecule has 0 aliphatic carbocycles. The van der Waals surface area contributed by atoms with E-state index in [1.54, 1.807) is 28.4 Å². The summed E-state index contributed by atoms with van der Waals surface area (Å²) in [4.78, 5) is 6.64. The molecule has 0 aliphatic heterocycles. The van der Waals surface area contributed by atoms with Crippen molar-refractivity contribution in [1.29, 1.82) is 0 Å². The number of rotatable bonds is 10. The maximum Gasteiger partial charge on any atom is 0.203 e. The third-order valence-corrected chi connectivity index (χ3v) is 5.00. The number of nitrogens with one attached hydrogen (secondary N) is 2. The van der Waals surface area contributed by atoms with Gasteiger partial charge in [-0.2, -0.15) is 0 Å². The van der Waals surface area contributed by atoms with Crippen LogP contribution in [-0.2, 0) is 13.1 Å². The molecule has 0 fully saturated rings.